The molecule has 0 aliphatic rings. The number of carbonyl (C=O) groups is 1. The van der Waals surface area contributed by atoms with Gasteiger partial charge >= 0.3 is 0 Å². The Hall–Kier alpha value is -1.47. The fourth-order valence-electron chi connectivity index (χ4n) is 1.78. The van der Waals surface area contributed by atoms with E-state index < -0.39 is 31.6 Å². The van der Waals surface area contributed by atoms with Gasteiger partial charge in [0.05, 0.1) is 20.8 Å². The van der Waals surface area contributed by atoms with Gasteiger partial charge in [-0.2, -0.15) is 0 Å². The van der Waals surface area contributed by atoms with Crippen LogP contribution in [0.4, 0.5) is 5.69 Å². The standard InChI is InChI=1S/C13H16ClNO5S/c1-3-4-5-11(14)13(16)10-7-6-9(21(2,19)20)8-12(10)15(17)18/h6-8,11H,3-5H2,1-2H3. The Morgan fingerprint density at radius 3 is 2.52 bits per heavy atom. The maximum atomic E-state index is 12.2. The molecule has 0 radical (unpaired) electrons. The molecule has 8 heteroatoms. The predicted molar refractivity (Wildman–Crippen MR) is 79.7 cm³/mol. The SMILES string of the molecule is CCCCC(Cl)C(=O)c1ccc(S(C)(=O)=O)cc1[N+](=O)[O-]. The van der Waals surface area contributed by atoms with Crippen molar-refractivity contribution >= 4 is 32.9 Å². The molecular weight excluding hydrogens is 318 g/mol. The molecule has 0 aromatic heterocycles. The van der Waals surface area contributed by atoms with E-state index in [9.17, 15) is 23.3 Å². The molecule has 0 saturated heterocycles. The lowest BCUT2D eigenvalue weighted by atomic mass is 10.0. The summed E-state index contributed by atoms with van der Waals surface area (Å²) in [5, 5.41) is 10.2. The molecule has 1 aromatic rings. The highest BCUT2D eigenvalue weighted by Crippen LogP contribution is 2.26. The summed E-state index contributed by atoms with van der Waals surface area (Å²) in [6, 6.07) is 3.23. The maximum absolute atomic E-state index is 12.2. The van der Waals surface area contributed by atoms with Gasteiger partial charge in [-0.1, -0.05) is 19.8 Å². The van der Waals surface area contributed by atoms with Crippen LogP contribution in [0.5, 0.6) is 0 Å². The Morgan fingerprint density at radius 1 is 1.43 bits per heavy atom. The topological polar surface area (TPSA) is 94.3 Å². The zero-order chi connectivity index (χ0) is 16.2. The number of benzene rings is 1. The fourth-order valence-corrected chi connectivity index (χ4v) is 2.70. The highest BCUT2D eigenvalue weighted by molar-refractivity contribution is 7.90. The molecule has 0 aliphatic heterocycles. The van der Waals surface area contributed by atoms with E-state index in [1.165, 1.54) is 6.07 Å². The Bertz CT molecular complexity index is 657. The summed E-state index contributed by atoms with van der Waals surface area (Å²) >= 11 is 5.96. The van der Waals surface area contributed by atoms with Crippen molar-refractivity contribution in [3.05, 3.63) is 33.9 Å². The molecular formula is C13H16ClNO5S. The smallest absolute Gasteiger partial charge is 0.281 e. The second-order valence-corrected chi connectivity index (χ2v) is 7.22. The third-order valence-electron chi connectivity index (χ3n) is 2.96. The minimum atomic E-state index is -3.58. The number of sulfone groups is 1. The van der Waals surface area contributed by atoms with Crippen LogP contribution in [0, 0.1) is 10.1 Å². The predicted octanol–water partition coefficient (Wildman–Crippen LogP) is 2.98. The quantitative estimate of drug-likeness (QED) is 0.331. The second-order valence-electron chi connectivity index (χ2n) is 4.68. The van der Waals surface area contributed by atoms with Crippen molar-refractivity contribution in [3.8, 4) is 0 Å². The number of halogens is 1. The van der Waals surface area contributed by atoms with Crippen LogP contribution in [-0.4, -0.2) is 30.8 Å². The highest BCUT2D eigenvalue weighted by atomic mass is 35.5. The van der Waals surface area contributed by atoms with E-state index in [2.05, 4.69) is 0 Å². The molecule has 0 spiro atoms. The van der Waals surface area contributed by atoms with Crippen molar-refractivity contribution in [2.24, 2.45) is 0 Å². The second kappa shape index (κ2) is 7.00. The number of Topliss-reactive ketones (excluding diaryl/α,β-unsaturated/α-hetero) is 1. The van der Waals surface area contributed by atoms with E-state index in [4.69, 9.17) is 11.6 Å². The van der Waals surface area contributed by atoms with Crippen molar-refractivity contribution < 1.29 is 18.1 Å². The van der Waals surface area contributed by atoms with Crippen LogP contribution >= 0.6 is 11.6 Å². The van der Waals surface area contributed by atoms with Crippen LogP contribution in [-0.2, 0) is 9.84 Å². The summed E-state index contributed by atoms with van der Waals surface area (Å²) in [5.41, 5.74) is -0.700. The molecule has 0 heterocycles. The number of rotatable bonds is 7. The molecule has 1 unspecified atom stereocenters. The van der Waals surface area contributed by atoms with Gasteiger partial charge in [-0.05, 0) is 18.6 Å². The van der Waals surface area contributed by atoms with Gasteiger partial charge in [0.15, 0.2) is 15.6 Å². The fraction of sp³-hybridized carbons (Fsp3) is 0.462. The summed E-state index contributed by atoms with van der Waals surface area (Å²) < 4.78 is 22.9. The van der Waals surface area contributed by atoms with Gasteiger partial charge in [0.25, 0.3) is 5.69 Å². The lowest BCUT2D eigenvalue weighted by Gasteiger charge is -2.09. The van der Waals surface area contributed by atoms with Crippen molar-refractivity contribution in [1.29, 1.82) is 0 Å². The minimum Gasteiger partial charge on any atom is -0.292 e. The van der Waals surface area contributed by atoms with E-state index in [1.807, 2.05) is 6.92 Å². The summed E-state index contributed by atoms with van der Waals surface area (Å²) in [5.74, 6) is -0.558. The van der Waals surface area contributed by atoms with Crippen LogP contribution in [0.2, 0.25) is 0 Å². The first kappa shape index (κ1) is 17.6. The minimum absolute atomic E-state index is 0.163. The molecule has 6 nitrogen and oxygen atoms in total. The molecule has 116 valence electrons. The van der Waals surface area contributed by atoms with Crippen molar-refractivity contribution in [2.75, 3.05) is 6.26 Å². The molecule has 1 aromatic carbocycles. The molecule has 0 amide bonds. The first-order chi connectivity index (χ1) is 9.68. The number of hydrogen-bond donors (Lipinski definition) is 0. The molecule has 1 rings (SSSR count). The van der Waals surface area contributed by atoms with Gasteiger partial charge in [0, 0.05) is 12.3 Å². The maximum Gasteiger partial charge on any atom is 0.281 e. The van der Waals surface area contributed by atoms with E-state index in [-0.39, 0.29) is 10.5 Å². The van der Waals surface area contributed by atoms with Gasteiger partial charge in [0.2, 0.25) is 0 Å². The Kier molecular flexibility index (Phi) is 5.86. The van der Waals surface area contributed by atoms with E-state index in [1.54, 1.807) is 0 Å². The molecule has 0 N–H and O–H groups in total. The van der Waals surface area contributed by atoms with E-state index in [0.717, 1.165) is 31.2 Å². The van der Waals surface area contributed by atoms with Gasteiger partial charge in [-0.15, -0.1) is 11.6 Å². The van der Waals surface area contributed by atoms with E-state index >= 15 is 0 Å². The number of hydrogen-bond acceptors (Lipinski definition) is 5. The number of carbonyl (C=O) groups excluding carboxylic acids is 1. The highest BCUT2D eigenvalue weighted by Gasteiger charge is 2.27. The summed E-state index contributed by atoms with van der Waals surface area (Å²) in [6.07, 6.45) is 2.95. The van der Waals surface area contributed by atoms with Gasteiger partial charge in [-0.25, -0.2) is 8.42 Å². The normalized spacial score (nSPS) is 12.9. The van der Waals surface area contributed by atoms with Crippen LogP contribution in [0.3, 0.4) is 0 Å². The lowest BCUT2D eigenvalue weighted by Crippen LogP contribution is -2.16. The summed E-state index contributed by atoms with van der Waals surface area (Å²) in [4.78, 5) is 22.2. The molecule has 0 fully saturated rings. The van der Waals surface area contributed by atoms with Crippen LogP contribution in [0.15, 0.2) is 23.1 Å². The zero-order valence-corrected chi connectivity index (χ0v) is 13.3. The number of alkyl halides is 1. The number of nitro groups is 1. The largest absolute Gasteiger partial charge is 0.292 e. The van der Waals surface area contributed by atoms with Crippen molar-refractivity contribution in [1.82, 2.24) is 0 Å². The number of ketones is 1. The van der Waals surface area contributed by atoms with Crippen molar-refractivity contribution in [3.63, 3.8) is 0 Å². The average Bonchev–Trinajstić information content (AvgIpc) is 2.42. The van der Waals surface area contributed by atoms with Gasteiger partial charge in [0.1, 0.15) is 0 Å². The van der Waals surface area contributed by atoms with Gasteiger partial charge in [-0.3, -0.25) is 14.9 Å². The third kappa shape index (κ3) is 4.50. The molecule has 0 aliphatic carbocycles. The lowest BCUT2D eigenvalue weighted by molar-refractivity contribution is -0.385. The summed E-state index contributed by atoms with van der Waals surface area (Å²) in [7, 11) is -3.58. The first-order valence-electron chi connectivity index (χ1n) is 6.35. The summed E-state index contributed by atoms with van der Waals surface area (Å²) in [6.45, 7) is 1.94. The molecule has 0 saturated carbocycles. The average molecular weight is 334 g/mol. The van der Waals surface area contributed by atoms with E-state index in [0.29, 0.717) is 6.42 Å². The number of nitrogens with zero attached hydrogens (tertiary/aromatic N) is 1. The Balaban J connectivity index is 3.24. The zero-order valence-electron chi connectivity index (χ0n) is 11.7. The Morgan fingerprint density at radius 2 is 2.05 bits per heavy atom. The molecule has 21 heavy (non-hydrogen) atoms. The molecule has 0 bridgehead atoms. The van der Waals surface area contributed by atoms with Crippen molar-refractivity contribution in [2.45, 2.75) is 36.5 Å². The molecule has 1 atom stereocenters. The monoisotopic (exact) mass is 333 g/mol. The van der Waals surface area contributed by atoms with Crippen LogP contribution in [0.1, 0.15) is 36.5 Å². The first-order valence-corrected chi connectivity index (χ1v) is 8.68. The van der Waals surface area contributed by atoms with Crippen LogP contribution < -0.4 is 0 Å². The number of unbranched alkanes of at least 4 members (excludes halogenated alkanes) is 1. The van der Waals surface area contributed by atoms with Gasteiger partial charge < -0.3 is 0 Å². The van der Waals surface area contributed by atoms with Crippen LogP contribution in [0.25, 0.3) is 0 Å². The number of nitro benzene ring substituents is 1. The Labute approximate surface area is 128 Å². The third-order valence-corrected chi connectivity index (χ3v) is 4.48.